The predicted octanol–water partition coefficient (Wildman–Crippen LogP) is 2.67. The van der Waals surface area contributed by atoms with Gasteiger partial charge in [-0.1, -0.05) is 12.8 Å². The van der Waals surface area contributed by atoms with Gasteiger partial charge >= 0.3 is 0 Å². The highest BCUT2D eigenvalue weighted by molar-refractivity contribution is 7.11. The lowest BCUT2D eigenvalue weighted by molar-refractivity contribution is -0.136. The molecule has 2 heterocycles. The molecule has 0 spiro atoms. The van der Waals surface area contributed by atoms with E-state index in [4.69, 9.17) is 0 Å². The largest absolute Gasteiger partial charge is 0.348 e. The van der Waals surface area contributed by atoms with Crippen LogP contribution in [0.25, 0.3) is 0 Å². The fraction of sp³-hybridized carbons (Fsp3) is 0.706. The van der Waals surface area contributed by atoms with Crippen molar-refractivity contribution in [3.8, 4) is 0 Å². The summed E-state index contributed by atoms with van der Waals surface area (Å²) in [5, 5.41) is 4.01. The van der Waals surface area contributed by atoms with E-state index in [1.54, 1.807) is 11.3 Å². The summed E-state index contributed by atoms with van der Waals surface area (Å²) in [5.41, 5.74) is 0.553. The maximum absolute atomic E-state index is 12.4. The van der Waals surface area contributed by atoms with E-state index in [0.29, 0.717) is 11.6 Å². The van der Waals surface area contributed by atoms with Gasteiger partial charge in [-0.25, -0.2) is 4.98 Å². The van der Waals surface area contributed by atoms with E-state index >= 15 is 0 Å². The minimum Gasteiger partial charge on any atom is -0.348 e. The topological polar surface area (TPSA) is 62.3 Å². The van der Waals surface area contributed by atoms with Gasteiger partial charge in [0.05, 0.1) is 5.01 Å². The number of amides is 2. The number of nitrogens with one attached hydrogen (secondary N) is 1. The molecule has 3 rings (SSSR count). The zero-order valence-corrected chi connectivity index (χ0v) is 14.7. The first-order valence-corrected chi connectivity index (χ1v) is 9.40. The molecule has 1 aliphatic carbocycles. The molecule has 0 aromatic carbocycles. The van der Waals surface area contributed by atoms with Crippen LogP contribution in [0.2, 0.25) is 0 Å². The maximum Gasteiger partial charge on any atom is 0.271 e. The Morgan fingerprint density at radius 2 is 1.78 bits per heavy atom. The van der Waals surface area contributed by atoms with Gasteiger partial charge in [-0.15, -0.1) is 11.3 Å². The SMILES string of the molecule is Cc1nc(C(=O)NC2CCN(C(=O)C3CCCC3)CC2)c(C)s1. The predicted molar refractivity (Wildman–Crippen MR) is 90.6 cm³/mol. The third-order valence-corrected chi connectivity index (χ3v) is 5.85. The summed E-state index contributed by atoms with van der Waals surface area (Å²) >= 11 is 1.55. The van der Waals surface area contributed by atoms with Gasteiger partial charge in [0.1, 0.15) is 5.69 Å². The summed E-state index contributed by atoms with van der Waals surface area (Å²) in [5.74, 6) is 0.507. The minimum atomic E-state index is -0.0765. The van der Waals surface area contributed by atoms with Crippen molar-refractivity contribution in [2.75, 3.05) is 13.1 Å². The molecule has 126 valence electrons. The molecular formula is C17H25N3O2S. The van der Waals surface area contributed by atoms with Crippen molar-refractivity contribution < 1.29 is 9.59 Å². The van der Waals surface area contributed by atoms with Crippen LogP contribution in [0.4, 0.5) is 0 Å². The normalized spacial score (nSPS) is 20.0. The molecule has 0 atom stereocenters. The molecule has 1 aromatic heterocycles. The van der Waals surface area contributed by atoms with E-state index in [-0.39, 0.29) is 17.9 Å². The number of aryl methyl sites for hydroxylation is 2. The molecule has 1 N–H and O–H groups in total. The highest BCUT2D eigenvalue weighted by Crippen LogP contribution is 2.27. The van der Waals surface area contributed by atoms with Crippen LogP contribution in [0.3, 0.4) is 0 Å². The number of thiazole rings is 1. The van der Waals surface area contributed by atoms with Crippen molar-refractivity contribution in [1.29, 1.82) is 0 Å². The van der Waals surface area contributed by atoms with Gasteiger partial charge in [0, 0.05) is 29.9 Å². The molecule has 1 aliphatic heterocycles. The second kappa shape index (κ2) is 6.99. The lowest BCUT2D eigenvalue weighted by Crippen LogP contribution is -2.48. The molecule has 5 nitrogen and oxygen atoms in total. The maximum atomic E-state index is 12.4. The van der Waals surface area contributed by atoms with E-state index in [9.17, 15) is 9.59 Å². The molecule has 2 amide bonds. The van der Waals surface area contributed by atoms with Gasteiger partial charge in [-0.3, -0.25) is 9.59 Å². The van der Waals surface area contributed by atoms with E-state index < -0.39 is 0 Å². The van der Waals surface area contributed by atoms with E-state index in [0.717, 1.165) is 48.7 Å². The summed E-state index contributed by atoms with van der Waals surface area (Å²) < 4.78 is 0. The van der Waals surface area contributed by atoms with Crippen LogP contribution in [0.5, 0.6) is 0 Å². The highest BCUT2D eigenvalue weighted by Gasteiger charge is 2.30. The van der Waals surface area contributed by atoms with Crippen molar-refractivity contribution in [2.24, 2.45) is 5.92 Å². The second-order valence-corrected chi connectivity index (χ2v) is 8.10. The van der Waals surface area contributed by atoms with Crippen molar-refractivity contribution in [3.05, 3.63) is 15.6 Å². The van der Waals surface area contributed by atoms with Crippen LogP contribution in [0.1, 0.15) is 58.9 Å². The second-order valence-electron chi connectivity index (χ2n) is 6.69. The van der Waals surface area contributed by atoms with Gasteiger partial charge in [-0.05, 0) is 39.5 Å². The van der Waals surface area contributed by atoms with Crippen LogP contribution in [-0.4, -0.2) is 40.8 Å². The van der Waals surface area contributed by atoms with Crippen LogP contribution in [0, 0.1) is 19.8 Å². The van der Waals surface area contributed by atoms with Crippen molar-refractivity contribution >= 4 is 23.2 Å². The third-order valence-electron chi connectivity index (χ3n) is 4.96. The van der Waals surface area contributed by atoms with Crippen LogP contribution < -0.4 is 5.32 Å². The molecule has 2 fully saturated rings. The Morgan fingerprint density at radius 3 is 2.35 bits per heavy atom. The Hall–Kier alpha value is -1.43. The summed E-state index contributed by atoms with van der Waals surface area (Å²) in [4.78, 5) is 32.0. The fourth-order valence-electron chi connectivity index (χ4n) is 3.67. The van der Waals surface area contributed by atoms with Gasteiger partial charge < -0.3 is 10.2 Å². The molecule has 0 radical (unpaired) electrons. The monoisotopic (exact) mass is 335 g/mol. The fourth-order valence-corrected chi connectivity index (χ4v) is 4.48. The van der Waals surface area contributed by atoms with Crippen LogP contribution in [-0.2, 0) is 4.79 Å². The molecule has 6 heteroatoms. The minimum absolute atomic E-state index is 0.0765. The van der Waals surface area contributed by atoms with Crippen molar-refractivity contribution in [3.63, 3.8) is 0 Å². The van der Waals surface area contributed by atoms with Crippen LogP contribution >= 0.6 is 11.3 Å². The number of likely N-dealkylation sites (tertiary alicyclic amines) is 1. The lowest BCUT2D eigenvalue weighted by atomic mass is 10.0. The van der Waals surface area contributed by atoms with Gasteiger partial charge in [0.25, 0.3) is 5.91 Å². The number of rotatable bonds is 3. The van der Waals surface area contributed by atoms with E-state index in [1.807, 2.05) is 18.7 Å². The lowest BCUT2D eigenvalue weighted by Gasteiger charge is -2.33. The van der Waals surface area contributed by atoms with Gasteiger partial charge in [0.15, 0.2) is 0 Å². The molecule has 1 aromatic rings. The quantitative estimate of drug-likeness (QED) is 0.924. The average molecular weight is 335 g/mol. The molecule has 1 saturated heterocycles. The molecule has 2 aliphatic rings. The Bertz CT molecular complexity index is 585. The zero-order valence-electron chi connectivity index (χ0n) is 13.9. The van der Waals surface area contributed by atoms with Crippen molar-refractivity contribution in [2.45, 2.75) is 58.4 Å². The Kier molecular flexibility index (Phi) is 4.99. The smallest absolute Gasteiger partial charge is 0.271 e. The summed E-state index contributed by atoms with van der Waals surface area (Å²) in [6, 6.07) is 0.150. The summed E-state index contributed by atoms with van der Waals surface area (Å²) in [6.45, 7) is 5.37. The Labute approximate surface area is 141 Å². The summed E-state index contributed by atoms with van der Waals surface area (Å²) in [6.07, 6.45) is 6.17. The highest BCUT2D eigenvalue weighted by atomic mass is 32.1. The average Bonchev–Trinajstić information content (AvgIpc) is 3.17. The Morgan fingerprint density at radius 1 is 1.13 bits per heavy atom. The number of nitrogens with zero attached hydrogens (tertiary/aromatic N) is 2. The number of carbonyl (C=O) groups excluding carboxylic acids is 2. The first-order chi connectivity index (χ1) is 11.0. The molecular weight excluding hydrogens is 310 g/mol. The number of piperidine rings is 1. The first kappa shape index (κ1) is 16.4. The van der Waals surface area contributed by atoms with Gasteiger partial charge in [-0.2, -0.15) is 0 Å². The Balaban J connectivity index is 1.50. The standard InChI is InChI=1S/C17H25N3O2S/c1-11-15(18-12(2)23-11)16(21)19-14-7-9-20(10-8-14)17(22)13-5-3-4-6-13/h13-14H,3-10H2,1-2H3,(H,19,21). The molecule has 0 bridgehead atoms. The first-order valence-electron chi connectivity index (χ1n) is 8.58. The number of aromatic nitrogens is 1. The van der Waals surface area contributed by atoms with Crippen molar-refractivity contribution in [1.82, 2.24) is 15.2 Å². The van der Waals surface area contributed by atoms with E-state index in [1.165, 1.54) is 12.8 Å². The zero-order chi connectivity index (χ0) is 16.4. The number of carbonyl (C=O) groups is 2. The third kappa shape index (κ3) is 3.74. The molecule has 23 heavy (non-hydrogen) atoms. The summed E-state index contributed by atoms with van der Waals surface area (Å²) in [7, 11) is 0. The molecule has 1 saturated carbocycles. The number of hydrogen-bond acceptors (Lipinski definition) is 4. The van der Waals surface area contributed by atoms with Crippen LogP contribution in [0.15, 0.2) is 0 Å². The number of hydrogen-bond donors (Lipinski definition) is 1. The molecule has 0 unspecified atom stereocenters. The van der Waals surface area contributed by atoms with Gasteiger partial charge in [0.2, 0.25) is 5.91 Å². The van der Waals surface area contributed by atoms with E-state index in [2.05, 4.69) is 10.3 Å².